The molecule has 1 aliphatic heterocycles. The molecule has 36 heavy (non-hydrogen) atoms. The van der Waals surface area contributed by atoms with Crippen LogP contribution >= 0.6 is 0 Å². The lowest BCUT2D eigenvalue weighted by atomic mass is 9.67. The fourth-order valence-electron chi connectivity index (χ4n) is 4.69. The monoisotopic (exact) mass is 514 g/mol. The molecule has 7 atom stereocenters. The Morgan fingerprint density at radius 2 is 1.50 bits per heavy atom. The number of carbonyl (C=O) groups excluding carboxylic acids is 5. The fourth-order valence-corrected chi connectivity index (χ4v) is 4.69. The first-order chi connectivity index (χ1) is 16.5. The number of carbonyl (C=O) groups is 5. The molecule has 1 saturated carbocycles. The molecule has 2 rings (SSSR count). The second kappa shape index (κ2) is 11.7. The van der Waals surface area contributed by atoms with Crippen LogP contribution in [0.1, 0.15) is 81.1 Å². The molecule has 11 nitrogen and oxygen atoms in total. The van der Waals surface area contributed by atoms with E-state index in [4.69, 9.17) is 28.4 Å². The van der Waals surface area contributed by atoms with Gasteiger partial charge in [0.05, 0.1) is 17.6 Å². The second-order valence-corrected chi connectivity index (χ2v) is 10.6. The van der Waals surface area contributed by atoms with E-state index in [0.29, 0.717) is 12.8 Å². The van der Waals surface area contributed by atoms with Crippen molar-refractivity contribution >= 4 is 29.7 Å². The largest absolute Gasteiger partial charge is 0.451 e. The van der Waals surface area contributed by atoms with Crippen molar-refractivity contribution in [3.05, 3.63) is 0 Å². The maximum atomic E-state index is 13.3. The van der Waals surface area contributed by atoms with Crippen molar-refractivity contribution in [2.24, 2.45) is 11.3 Å². The average Bonchev–Trinajstić information content (AvgIpc) is 2.81. The minimum absolute atomic E-state index is 0.0796. The van der Waals surface area contributed by atoms with E-state index in [1.54, 1.807) is 0 Å². The Labute approximate surface area is 211 Å². The van der Waals surface area contributed by atoms with Gasteiger partial charge in [-0.25, -0.2) is 9.59 Å². The van der Waals surface area contributed by atoms with Crippen LogP contribution in [0.2, 0.25) is 0 Å². The van der Waals surface area contributed by atoms with Crippen LogP contribution in [0.5, 0.6) is 0 Å². The molecule has 1 heterocycles. The number of hydrogen-bond donors (Lipinski definition) is 0. The predicted molar refractivity (Wildman–Crippen MR) is 123 cm³/mol. The number of Topliss-reactive ketones (excluding diaryl/α,β-unsaturated/α-hetero) is 1. The van der Waals surface area contributed by atoms with Crippen molar-refractivity contribution in [1.29, 1.82) is 0 Å². The Balaban J connectivity index is 2.41. The summed E-state index contributed by atoms with van der Waals surface area (Å²) in [5, 5.41) is 0. The highest BCUT2D eigenvalue weighted by Gasteiger charge is 2.58. The van der Waals surface area contributed by atoms with Gasteiger partial charge < -0.3 is 28.4 Å². The van der Waals surface area contributed by atoms with E-state index >= 15 is 0 Å². The summed E-state index contributed by atoms with van der Waals surface area (Å²) in [6, 6.07) is 0. The molecule has 0 aromatic heterocycles. The highest BCUT2D eigenvalue weighted by atomic mass is 16.8. The Morgan fingerprint density at radius 1 is 0.972 bits per heavy atom. The van der Waals surface area contributed by atoms with Crippen LogP contribution < -0.4 is 0 Å². The smallest absolute Gasteiger partial charge is 0.349 e. The summed E-state index contributed by atoms with van der Waals surface area (Å²) < 4.78 is 33.0. The van der Waals surface area contributed by atoms with E-state index in [0.717, 1.165) is 13.8 Å². The van der Waals surface area contributed by atoms with E-state index in [2.05, 4.69) is 0 Å². The van der Waals surface area contributed by atoms with Crippen LogP contribution in [-0.4, -0.2) is 66.2 Å². The summed E-state index contributed by atoms with van der Waals surface area (Å²) in [6.45, 7) is 12.5. The van der Waals surface area contributed by atoms with Gasteiger partial charge in [-0.3, -0.25) is 14.4 Å². The Morgan fingerprint density at radius 3 is 2.00 bits per heavy atom. The number of esters is 4. The van der Waals surface area contributed by atoms with Crippen LogP contribution in [0.4, 0.5) is 0 Å². The molecular formula is C25H38O11. The quantitative estimate of drug-likeness (QED) is 0.366. The van der Waals surface area contributed by atoms with Gasteiger partial charge in [-0.05, 0) is 47.5 Å². The van der Waals surface area contributed by atoms with Gasteiger partial charge in [0, 0.05) is 32.1 Å². The summed E-state index contributed by atoms with van der Waals surface area (Å²) in [7, 11) is 0. The highest BCUT2D eigenvalue weighted by Crippen LogP contribution is 2.50. The second-order valence-electron chi connectivity index (χ2n) is 10.6. The first-order valence-corrected chi connectivity index (χ1v) is 12.1. The zero-order valence-corrected chi connectivity index (χ0v) is 22.3. The first-order valence-electron chi connectivity index (χ1n) is 12.1. The molecule has 1 saturated heterocycles. The van der Waals surface area contributed by atoms with E-state index in [-0.39, 0.29) is 18.6 Å². The van der Waals surface area contributed by atoms with Gasteiger partial charge in [0.15, 0.2) is 12.2 Å². The Kier molecular flexibility index (Phi) is 9.64. The number of ketones is 1. The van der Waals surface area contributed by atoms with Crippen LogP contribution in [0.15, 0.2) is 0 Å². The van der Waals surface area contributed by atoms with Crippen LogP contribution in [-0.2, 0) is 52.4 Å². The Bertz CT molecular complexity index is 861. The SMILES string of the molecule is CC(=O)O[C@@H](C)C(=O)O[C@@H]1C[C@@]2(C)[C@H](OC(C)(C)C)CCCC(=O)[C@H]2[C@@H](OC(=O)[C@H](C)OC(C)=O)O1. The van der Waals surface area contributed by atoms with Crippen molar-refractivity contribution in [2.45, 2.75) is 118 Å². The lowest BCUT2D eigenvalue weighted by molar-refractivity contribution is -0.309. The van der Waals surface area contributed by atoms with E-state index in [9.17, 15) is 24.0 Å². The van der Waals surface area contributed by atoms with Gasteiger partial charge in [0.25, 0.3) is 0 Å². The number of fused-ring (bicyclic) bond motifs is 1. The molecule has 11 heteroatoms. The van der Waals surface area contributed by atoms with E-state index < -0.39 is 71.7 Å². The maximum absolute atomic E-state index is 13.3. The van der Waals surface area contributed by atoms with Crippen molar-refractivity contribution in [3.8, 4) is 0 Å². The zero-order valence-electron chi connectivity index (χ0n) is 22.3. The van der Waals surface area contributed by atoms with Crippen molar-refractivity contribution < 1.29 is 52.4 Å². The summed E-state index contributed by atoms with van der Waals surface area (Å²) in [5.41, 5.74) is -1.49. The topological polar surface area (TPSA) is 141 Å². The third-order valence-electron chi connectivity index (χ3n) is 6.17. The standard InChI is InChI=1S/C25H38O11/c1-13(31-15(3)26)21(29)33-19-12-25(8)18(36-24(5,6)7)11-9-10-17(28)20(25)23(34-19)35-22(30)14(2)32-16(4)27/h13-14,18-20,23H,9-12H2,1-8H3/t13-,14-,18+,19-,20-,23+,25-/m0/s1. The summed E-state index contributed by atoms with van der Waals surface area (Å²) in [5.74, 6) is -4.19. The third-order valence-corrected chi connectivity index (χ3v) is 6.17. The molecule has 0 spiro atoms. The lowest BCUT2D eigenvalue weighted by Gasteiger charge is -2.50. The molecule has 0 amide bonds. The van der Waals surface area contributed by atoms with Crippen LogP contribution in [0.25, 0.3) is 0 Å². The maximum Gasteiger partial charge on any atom is 0.349 e. The number of rotatable bonds is 7. The first kappa shape index (κ1) is 29.7. The van der Waals surface area contributed by atoms with Gasteiger partial charge in [0.1, 0.15) is 5.78 Å². The van der Waals surface area contributed by atoms with Gasteiger partial charge in [-0.1, -0.05) is 6.92 Å². The Hall–Kier alpha value is -2.53. The molecule has 0 N–H and O–H groups in total. The zero-order chi connectivity index (χ0) is 27.4. The number of hydrogen-bond acceptors (Lipinski definition) is 11. The summed E-state index contributed by atoms with van der Waals surface area (Å²) in [6.07, 6.45) is -4.10. The molecule has 2 aliphatic rings. The van der Waals surface area contributed by atoms with Gasteiger partial charge in [-0.15, -0.1) is 0 Å². The minimum atomic E-state index is -1.42. The van der Waals surface area contributed by atoms with Gasteiger partial charge in [0.2, 0.25) is 12.6 Å². The fraction of sp³-hybridized carbons (Fsp3) is 0.800. The average molecular weight is 515 g/mol. The van der Waals surface area contributed by atoms with Crippen molar-refractivity contribution in [1.82, 2.24) is 0 Å². The summed E-state index contributed by atoms with van der Waals surface area (Å²) in [4.78, 5) is 61.1. The molecular weight excluding hydrogens is 476 g/mol. The number of ether oxygens (including phenoxy) is 6. The molecule has 0 aromatic carbocycles. The highest BCUT2D eigenvalue weighted by molar-refractivity contribution is 5.84. The lowest BCUT2D eigenvalue weighted by Crippen LogP contribution is -2.58. The van der Waals surface area contributed by atoms with E-state index in [1.165, 1.54) is 13.8 Å². The van der Waals surface area contributed by atoms with E-state index in [1.807, 2.05) is 27.7 Å². The molecule has 0 aromatic rings. The minimum Gasteiger partial charge on any atom is -0.451 e. The molecule has 2 fully saturated rings. The molecule has 0 radical (unpaired) electrons. The normalized spacial score (nSPS) is 30.2. The summed E-state index contributed by atoms with van der Waals surface area (Å²) >= 11 is 0. The van der Waals surface area contributed by atoms with Crippen molar-refractivity contribution in [2.75, 3.05) is 0 Å². The molecule has 0 bridgehead atoms. The molecule has 204 valence electrons. The third kappa shape index (κ3) is 7.73. The van der Waals surface area contributed by atoms with Crippen LogP contribution in [0.3, 0.4) is 0 Å². The predicted octanol–water partition coefficient (Wildman–Crippen LogP) is 2.61. The van der Waals surface area contributed by atoms with Gasteiger partial charge >= 0.3 is 23.9 Å². The molecule has 0 unspecified atom stereocenters. The van der Waals surface area contributed by atoms with Gasteiger partial charge in [-0.2, -0.15) is 0 Å². The van der Waals surface area contributed by atoms with Crippen molar-refractivity contribution in [3.63, 3.8) is 0 Å². The molecule has 1 aliphatic carbocycles. The van der Waals surface area contributed by atoms with Crippen LogP contribution in [0, 0.1) is 11.3 Å².